The van der Waals surface area contributed by atoms with Crippen LogP contribution in [0.25, 0.3) is 0 Å². The van der Waals surface area contributed by atoms with E-state index in [2.05, 4.69) is 4.99 Å². The summed E-state index contributed by atoms with van der Waals surface area (Å²) >= 11 is 0. The van der Waals surface area contributed by atoms with E-state index in [9.17, 15) is 22.8 Å². The maximum Gasteiger partial charge on any atom is 0.442 e. The van der Waals surface area contributed by atoms with Gasteiger partial charge in [-0.1, -0.05) is 54.6 Å². The normalized spacial score (nSPS) is 17.5. The molecular formula is C26H22F3N3O4. The Balaban J connectivity index is 1.79. The van der Waals surface area contributed by atoms with Crippen molar-refractivity contribution in [1.82, 2.24) is 10.2 Å². The average Bonchev–Trinajstić information content (AvgIpc) is 3.17. The van der Waals surface area contributed by atoms with Gasteiger partial charge in [0.25, 0.3) is 11.8 Å². The van der Waals surface area contributed by atoms with Gasteiger partial charge in [0.2, 0.25) is 0 Å². The first kappa shape index (κ1) is 24.8. The molecule has 1 heterocycles. The van der Waals surface area contributed by atoms with Crippen LogP contribution < -0.4 is 14.8 Å². The Bertz CT molecular complexity index is 1290. The van der Waals surface area contributed by atoms with Crippen molar-refractivity contribution >= 4 is 17.6 Å². The van der Waals surface area contributed by atoms with E-state index in [-0.39, 0.29) is 29.3 Å². The second-order valence-electron chi connectivity index (χ2n) is 7.90. The standard InChI is InChI=1S/C26H22F3N3O4/c1-35-19-14-12-17(13-15-19)16-32-22(18-8-4-3-5-9-18)30-25(24(32)34,26(27,28)29)31-23(33)20-10-6-7-11-21(20)36-2/h3-15H,16H2,1-2H3,(H,31,33)/t25-/m1/s1. The van der Waals surface area contributed by atoms with E-state index in [0.29, 0.717) is 11.3 Å². The maximum atomic E-state index is 14.6. The molecule has 7 nitrogen and oxygen atoms in total. The molecule has 0 aromatic heterocycles. The highest BCUT2D eigenvalue weighted by molar-refractivity contribution is 6.16. The number of ether oxygens (including phenoxy) is 2. The molecule has 0 spiro atoms. The van der Waals surface area contributed by atoms with E-state index in [1.165, 1.54) is 32.4 Å². The molecule has 0 radical (unpaired) electrons. The Kier molecular flexibility index (Phi) is 6.69. The highest BCUT2D eigenvalue weighted by Gasteiger charge is 2.67. The van der Waals surface area contributed by atoms with E-state index in [1.807, 2.05) is 5.32 Å². The number of methoxy groups -OCH3 is 2. The number of hydrogen-bond donors (Lipinski definition) is 1. The lowest BCUT2D eigenvalue weighted by atomic mass is 10.1. The Hall–Kier alpha value is -4.34. The Labute approximate surface area is 205 Å². The fourth-order valence-corrected chi connectivity index (χ4v) is 3.83. The van der Waals surface area contributed by atoms with E-state index in [0.717, 1.165) is 4.90 Å². The van der Waals surface area contributed by atoms with Crippen LogP contribution in [0.4, 0.5) is 13.2 Å². The predicted molar refractivity (Wildman–Crippen MR) is 126 cm³/mol. The molecule has 0 saturated carbocycles. The number of nitrogens with one attached hydrogen (secondary N) is 1. The summed E-state index contributed by atoms with van der Waals surface area (Å²) in [4.78, 5) is 31.3. The smallest absolute Gasteiger partial charge is 0.442 e. The summed E-state index contributed by atoms with van der Waals surface area (Å²) in [5, 5.41) is 1.86. The Morgan fingerprint density at radius 2 is 1.58 bits per heavy atom. The molecule has 0 fully saturated rings. The van der Waals surface area contributed by atoms with Crippen molar-refractivity contribution in [1.29, 1.82) is 0 Å². The fraction of sp³-hybridized carbons (Fsp3) is 0.192. The number of rotatable bonds is 7. The van der Waals surface area contributed by atoms with Crippen molar-refractivity contribution in [3.63, 3.8) is 0 Å². The second-order valence-corrected chi connectivity index (χ2v) is 7.90. The number of hydrogen-bond acceptors (Lipinski definition) is 5. The van der Waals surface area contributed by atoms with Gasteiger partial charge in [0.05, 0.1) is 26.3 Å². The van der Waals surface area contributed by atoms with Gasteiger partial charge in [0, 0.05) is 5.56 Å². The summed E-state index contributed by atoms with van der Waals surface area (Å²) in [6.45, 7) is -0.209. The van der Waals surface area contributed by atoms with Crippen LogP contribution in [0.2, 0.25) is 0 Å². The van der Waals surface area contributed by atoms with Crippen molar-refractivity contribution in [2.24, 2.45) is 4.99 Å². The number of nitrogens with zero attached hydrogens (tertiary/aromatic N) is 2. The minimum atomic E-state index is -5.24. The molecular weight excluding hydrogens is 475 g/mol. The number of benzene rings is 3. The molecule has 1 atom stereocenters. The third-order valence-electron chi connectivity index (χ3n) is 5.67. The zero-order valence-electron chi connectivity index (χ0n) is 19.4. The zero-order chi connectivity index (χ0) is 25.9. The maximum absolute atomic E-state index is 14.6. The van der Waals surface area contributed by atoms with Gasteiger partial charge in [-0.3, -0.25) is 14.5 Å². The Morgan fingerprint density at radius 1 is 0.944 bits per heavy atom. The van der Waals surface area contributed by atoms with E-state index in [1.54, 1.807) is 60.7 Å². The average molecular weight is 497 g/mol. The molecule has 1 aliphatic heterocycles. The van der Waals surface area contributed by atoms with Gasteiger partial charge in [0.1, 0.15) is 17.3 Å². The van der Waals surface area contributed by atoms with Gasteiger partial charge in [-0.25, -0.2) is 4.99 Å². The summed E-state index contributed by atoms with van der Waals surface area (Å²) in [6.07, 6.45) is -5.24. The van der Waals surface area contributed by atoms with E-state index >= 15 is 0 Å². The monoisotopic (exact) mass is 497 g/mol. The summed E-state index contributed by atoms with van der Waals surface area (Å²) < 4.78 is 54.0. The van der Waals surface area contributed by atoms with Crippen molar-refractivity contribution in [2.75, 3.05) is 14.2 Å². The first-order chi connectivity index (χ1) is 17.2. The molecule has 0 aliphatic carbocycles. The fourth-order valence-electron chi connectivity index (χ4n) is 3.83. The van der Waals surface area contributed by atoms with Crippen molar-refractivity contribution in [3.05, 3.63) is 95.6 Å². The first-order valence-electron chi connectivity index (χ1n) is 10.8. The number of aliphatic imine (C=N–C) groups is 1. The molecule has 2 amide bonds. The number of halogens is 3. The third kappa shape index (κ3) is 4.49. The molecule has 3 aromatic carbocycles. The SMILES string of the molecule is COc1ccc(CN2C(=O)[C@@](NC(=O)c3ccccc3OC)(C(F)(F)F)N=C2c2ccccc2)cc1. The molecule has 0 saturated heterocycles. The second kappa shape index (κ2) is 9.73. The number of alkyl halides is 3. The lowest BCUT2D eigenvalue weighted by molar-refractivity contribution is -0.196. The molecule has 36 heavy (non-hydrogen) atoms. The van der Waals surface area contributed by atoms with Crippen molar-refractivity contribution in [2.45, 2.75) is 18.4 Å². The molecule has 0 bridgehead atoms. The van der Waals surface area contributed by atoms with Crippen LogP contribution in [-0.4, -0.2) is 48.6 Å². The van der Waals surface area contributed by atoms with Crippen LogP contribution in [0.15, 0.2) is 83.9 Å². The van der Waals surface area contributed by atoms with Gasteiger partial charge in [-0.15, -0.1) is 0 Å². The molecule has 3 aromatic rings. The van der Waals surface area contributed by atoms with Gasteiger partial charge >= 0.3 is 11.8 Å². The first-order valence-corrected chi connectivity index (χ1v) is 10.8. The van der Waals surface area contributed by atoms with Gasteiger partial charge < -0.3 is 14.8 Å². The number of carbonyl (C=O) groups excluding carboxylic acids is 2. The van der Waals surface area contributed by atoms with Crippen molar-refractivity contribution in [3.8, 4) is 11.5 Å². The molecule has 0 unspecified atom stereocenters. The molecule has 10 heteroatoms. The largest absolute Gasteiger partial charge is 0.497 e. The van der Waals surface area contributed by atoms with Crippen LogP contribution in [0.5, 0.6) is 11.5 Å². The number of para-hydroxylation sites is 1. The van der Waals surface area contributed by atoms with Crippen LogP contribution in [0.1, 0.15) is 21.5 Å². The summed E-state index contributed by atoms with van der Waals surface area (Å²) in [5.41, 5.74) is -2.86. The minimum Gasteiger partial charge on any atom is -0.497 e. The summed E-state index contributed by atoms with van der Waals surface area (Å²) in [5.74, 6) is -2.18. The minimum absolute atomic E-state index is 0.0557. The van der Waals surface area contributed by atoms with Crippen LogP contribution >= 0.6 is 0 Å². The van der Waals surface area contributed by atoms with Crippen LogP contribution in [0, 0.1) is 0 Å². The zero-order valence-corrected chi connectivity index (χ0v) is 19.4. The van der Waals surface area contributed by atoms with Gasteiger partial charge in [0.15, 0.2) is 0 Å². The Morgan fingerprint density at radius 3 is 2.19 bits per heavy atom. The third-order valence-corrected chi connectivity index (χ3v) is 5.67. The topological polar surface area (TPSA) is 80.2 Å². The van der Waals surface area contributed by atoms with Crippen LogP contribution in [0.3, 0.4) is 0 Å². The lowest BCUT2D eigenvalue weighted by Gasteiger charge is -2.29. The number of carbonyl (C=O) groups is 2. The summed E-state index contributed by atoms with van der Waals surface area (Å²) in [6, 6.07) is 20.3. The highest BCUT2D eigenvalue weighted by Crippen LogP contribution is 2.39. The van der Waals surface area contributed by atoms with E-state index in [4.69, 9.17) is 9.47 Å². The molecule has 4 rings (SSSR count). The molecule has 186 valence electrons. The number of amidine groups is 1. The summed E-state index contributed by atoms with van der Waals surface area (Å²) in [7, 11) is 2.77. The number of amides is 2. The molecule has 1 aliphatic rings. The van der Waals surface area contributed by atoms with Crippen LogP contribution in [-0.2, 0) is 11.3 Å². The highest BCUT2D eigenvalue weighted by atomic mass is 19.4. The quantitative estimate of drug-likeness (QED) is 0.531. The lowest BCUT2D eigenvalue weighted by Crippen LogP contribution is -2.63. The van der Waals surface area contributed by atoms with Gasteiger partial charge in [-0.05, 0) is 29.8 Å². The van der Waals surface area contributed by atoms with Gasteiger partial charge in [-0.2, -0.15) is 13.2 Å². The van der Waals surface area contributed by atoms with Crippen molar-refractivity contribution < 1.29 is 32.2 Å². The predicted octanol–water partition coefficient (Wildman–Crippen LogP) is 4.18. The molecule has 1 N–H and O–H groups in total. The van der Waals surface area contributed by atoms with E-state index < -0.39 is 23.7 Å².